The SMILES string of the molecule is C[C@@H](Oc1ccc(Oc2ccc(Cl)cc2Cl)cc1)C(N)=O. The van der Waals surface area contributed by atoms with Crippen LogP contribution in [-0.4, -0.2) is 12.0 Å². The van der Waals surface area contributed by atoms with Crippen molar-refractivity contribution >= 4 is 29.1 Å². The quantitative estimate of drug-likeness (QED) is 0.902. The van der Waals surface area contributed by atoms with Crippen LogP contribution in [0.2, 0.25) is 10.0 Å². The molecule has 2 aromatic rings. The zero-order chi connectivity index (χ0) is 15.4. The highest BCUT2D eigenvalue weighted by atomic mass is 35.5. The van der Waals surface area contributed by atoms with Crippen LogP contribution in [0.3, 0.4) is 0 Å². The molecule has 1 atom stereocenters. The van der Waals surface area contributed by atoms with E-state index in [1.165, 1.54) is 0 Å². The van der Waals surface area contributed by atoms with Crippen molar-refractivity contribution in [3.05, 3.63) is 52.5 Å². The van der Waals surface area contributed by atoms with Crippen LogP contribution in [0.1, 0.15) is 6.92 Å². The molecule has 1 amide bonds. The van der Waals surface area contributed by atoms with E-state index in [1.807, 2.05) is 0 Å². The van der Waals surface area contributed by atoms with Crippen molar-refractivity contribution in [2.45, 2.75) is 13.0 Å². The van der Waals surface area contributed by atoms with Crippen molar-refractivity contribution in [1.82, 2.24) is 0 Å². The standard InChI is InChI=1S/C15H13Cl2NO3/c1-9(15(18)19)20-11-3-5-12(6-4-11)21-14-7-2-10(16)8-13(14)17/h2-9H,1H3,(H2,18,19)/t9-/m1/s1. The second-order valence-corrected chi connectivity index (χ2v) is 5.15. The summed E-state index contributed by atoms with van der Waals surface area (Å²) in [7, 11) is 0. The maximum Gasteiger partial charge on any atom is 0.258 e. The summed E-state index contributed by atoms with van der Waals surface area (Å²) < 4.78 is 11.0. The van der Waals surface area contributed by atoms with Crippen LogP contribution in [-0.2, 0) is 4.79 Å². The maximum absolute atomic E-state index is 10.9. The molecule has 4 nitrogen and oxygen atoms in total. The minimum atomic E-state index is -0.692. The summed E-state index contributed by atoms with van der Waals surface area (Å²) in [5, 5.41) is 0.960. The lowest BCUT2D eigenvalue weighted by Crippen LogP contribution is -2.30. The molecule has 0 aromatic heterocycles. The van der Waals surface area contributed by atoms with Crippen LogP contribution >= 0.6 is 23.2 Å². The molecular weight excluding hydrogens is 313 g/mol. The highest BCUT2D eigenvalue weighted by Gasteiger charge is 2.10. The summed E-state index contributed by atoms with van der Waals surface area (Å²) in [4.78, 5) is 10.9. The van der Waals surface area contributed by atoms with E-state index in [4.69, 9.17) is 38.4 Å². The number of nitrogens with two attached hydrogens (primary N) is 1. The smallest absolute Gasteiger partial charge is 0.258 e. The summed E-state index contributed by atoms with van der Waals surface area (Å²) in [6, 6.07) is 11.7. The van der Waals surface area contributed by atoms with Gasteiger partial charge in [-0.3, -0.25) is 4.79 Å². The highest BCUT2D eigenvalue weighted by Crippen LogP contribution is 2.32. The molecule has 21 heavy (non-hydrogen) atoms. The third-order valence-electron chi connectivity index (χ3n) is 2.66. The van der Waals surface area contributed by atoms with Crippen LogP contribution in [0.4, 0.5) is 0 Å². The van der Waals surface area contributed by atoms with Gasteiger partial charge in [0.15, 0.2) is 6.10 Å². The first-order valence-electron chi connectivity index (χ1n) is 6.14. The van der Waals surface area contributed by atoms with Gasteiger partial charge in [0.05, 0.1) is 5.02 Å². The number of hydrogen-bond donors (Lipinski definition) is 1. The number of carbonyl (C=O) groups is 1. The second-order valence-electron chi connectivity index (χ2n) is 4.31. The van der Waals surface area contributed by atoms with Gasteiger partial charge in [-0.15, -0.1) is 0 Å². The van der Waals surface area contributed by atoms with Crippen LogP contribution < -0.4 is 15.2 Å². The van der Waals surface area contributed by atoms with E-state index in [2.05, 4.69) is 0 Å². The fraction of sp³-hybridized carbons (Fsp3) is 0.133. The van der Waals surface area contributed by atoms with Gasteiger partial charge >= 0.3 is 0 Å². The van der Waals surface area contributed by atoms with Crippen LogP contribution in [0.25, 0.3) is 0 Å². The molecule has 0 heterocycles. The van der Waals surface area contributed by atoms with Crippen LogP contribution in [0, 0.1) is 0 Å². The van der Waals surface area contributed by atoms with E-state index >= 15 is 0 Å². The molecule has 0 unspecified atom stereocenters. The summed E-state index contributed by atoms with van der Waals surface area (Å²) in [6.07, 6.45) is -0.692. The van der Waals surface area contributed by atoms with Gasteiger partial charge in [0, 0.05) is 5.02 Å². The van der Waals surface area contributed by atoms with Gasteiger partial charge in [0.1, 0.15) is 17.2 Å². The Kier molecular flexibility index (Phi) is 4.94. The van der Waals surface area contributed by atoms with Crippen molar-refractivity contribution < 1.29 is 14.3 Å². The molecule has 6 heteroatoms. The van der Waals surface area contributed by atoms with Crippen molar-refractivity contribution in [1.29, 1.82) is 0 Å². The fourth-order valence-corrected chi connectivity index (χ4v) is 1.98. The van der Waals surface area contributed by atoms with Crippen molar-refractivity contribution in [3.63, 3.8) is 0 Å². The number of amides is 1. The second kappa shape index (κ2) is 6.70. The lowest BCUT2D eigenvalue weighted by atomic mass is 10.3. The van der Waals surface area contributed by atoms with E-state index in [9.17, 15) is 4.79 Å². The van der Waals surface area contributed by atoms with Crippen molar-refractivity contribution in [3.8, 4) is 17.2 Å². The van der Waals surface area contributed by atoms with E-state index < -0.39 is 12.0 Å². The number of rotatable bonds is 5. The first kappa shape index (κ1) is 15.5. The normalized spacial score (nSPS) is 11.8. The van der Waals surface area contributed by atoms with Gasteiger partial charge in [-0.1, -0.05) is 23.2 Å². The minimum Gasteiger partial charge on any atom is -0.481 e. The molecule has 0 fully saturated rings. The molecule has 0 radical (unpaired) electrons. The van der Waals surface area contributed by atoms with Gasteiger partial charge < -0.3 is 15.2 Å². The molecule has 0 aliphatic carbocycles. The molecule has 2 aromatic carbocycles. The molecule has 0 bridgehead atoms. The molecule has 0 saturated heterocycles. The predicted molar refractivity (Wildman–Crippen MR) is 82.3 cm³/mol. The number of ether oxygens (including phenoxy) is 2. The Morgan fingerprint density at radius 2 is 1.71 bits per heavy atom. The number of halogens is 2. The van der Waals surface area contributed by atoms with E-state index in [0.717, 1.165) is 0 Å². The monoisotopic (exact) mass is 325 g/mol. The third kappa shape index (κ3) is 4.28. The van der Waals surface area contributed by atoms with Gasteiger partial charge in [-0.25, -0.2) is 0 Å². The van der Waals surface area contributed by atoms with E-state index in [-0.39, 0.29) is 0 Å². The number of benzene rings is 2. The Morgan fingerprint density at radius 1 is 1.10 bits per heavy atom. The zero-order valence-electron chi connectivity index (χ0n) is 11.2. The van der Waals surface area contributed by atoms with Crippen molar-refractivity contribution in [2.24, 2.45) is 5.73 Å². The summed E-state index contributed by atoms with van der Waals surface area (Å²) in [5.41, 5.74) is 5.13. The largest absolute Gasteiger partial charge is 0.481 e. The van der Waals surface area contributed by atoms with Gasteiger partial charge in [-0.05, 0) is 49.4 Å². The Bertz CT molecular complexity index is 644. The molecule has 0 saturated carbocycles. The van der Waals surface area contributed by atoms with Gasteiger partial charge in [0.25, 0.3) is 5.91 Å². The Hall–Kier alpha value is -1.91. The molecule has 0 spiro atoms. The van der Waals surface area contributed by atoms with Gasteiger partial charge in [0.2, 0.25) is 0 Å². The van der Waals surface area contributed by atoms with Crippen LogP contribution in [0.15, 0.2) is 42.5 Å². The van der Waals surface area contributed by atoms with E-state index in [1.54, 1.807) is 49.4 Å². The average Bonchev–Trinajstić information content (AvgIpc) is 2.43. The first-order chi connectivity index (χ1) is 9.95. The maximum atomic E-state index is 10.9. The summed E-state index contributed by atoms with van der Waals surface area (Å²) >= 11 is 11.8. The van der Waals surface area contributed by atoms with Gasteiger partial charge in [-0.2, -0.15) is 0 Å². The number of primary amides is 1. The lowest BCUT2D eigenvalue weighted by molar-refractivity contribution is -0.123. The zero-order valence-corrected chi connectivity index (χ0v) is 12.7. The molecule has 2 rings (SSSR count). The fourth-order valence-electron chi connectivity index (χ4n) is 1.53. The summed E-state index contributed by atoms with van der Waals surface area (Å²) in [6.45, 7) is 1.58. The van der Waals surface area contributed by atoms with Crippen LogP contribution in [0.5, 0.6) is 17.2 Å². The predicted octanol–water partition coefficient (Wildman–Crippen LogP) is 4.04. The average molecular weight is 326 g/mol. The van der Waals surface area contributed by atoms with Crippen molar-refractivity contribution in [2.75, 3.05) is 0 Å². The molecule has 2 N–H and O–H groups in total. The third-order valence-corrected chi connectivity index (χ3v) is 3.19. The Morgan fingerprint density at radius 3 is 2.29 bits per heavy atom. The minimum absolute atomic E-state index is 0.421. The Labute approximate surface area is 132 Å². The molecule has 0 aliphatic heterocycles. The molecule has 0 aliphatic rings. The molecule has 110 valence electrons. The topological polar surface area (TPSA) is 61.6 Å². The number of hydrogen-bond acceptors (Lipinski definition) is 3. The number of carbonyl (C=O) groups excluding carboxylic acids is 1. The molecular formula is C15H13Cl2NO3. The first-order valence-corrected chi connectivity index (χ1v) is 6.90. The highest BCUT2D eigenvalue weighted by molar-refractivity contribution is 6.35. The summed E-state index contributed by atoms with van der Waals surface area (Å²) in [5.74, 6) is 1.08. The van der Waals surface area contributed by atoms with E-state index in [0.29, 0.717) is 27.3 Å². The lowest BCUT2D eigenvalue weighted by Gasteiger charge is -2.12. The Balaban J connectivity index is 2.07.